The number of rotatable bonds is 5. The van der Waals surface area contributed by atoms with Gasteiger partial charge in [-0.2, -0.15) is 0 Å². The van der Waals surface area contributed by atoms with Crippen LogP contribution in [0.4, 0.5) is 0 Å². The second-order valence-electron chi connectivity index (χ2n) is 4.97. The number of ether oxygens (including phenoxy) is 2. The van der Waals surface area contributed by atoms with Gasteiger partial charge in [0.25, 0.3) is 0 Å². The van der Waals surface area contributed by atoms with Crippen molar-refractivity contribution < 1.29 is 19.4 Å². The third-order valence-electron chi connectivity index (χ3n) is 3.36. The van der Waals surface area contributed by atoms with Crippen molar-refractivity contribution in [2.24, 2.45) is 0 Å². The van der Waals surface area contributed by atoms with Crippen LogP contribution in [0, 0.1) is 0 Å². The summed E-state index contributed by atoms with van der Waals surface area (Å²) >= 11 is 1.47. The second-order valence-corrected chi connectivity index (χ2v) is 5.82. The first-order valence-electron chi connectivity index (χ1n) is 7.21. The number of esters is 1. The fourth-order valence-electron chi connectivity index (χ4n) is 2.10. The largest absolute Gasteiger partial charge is 0.507 e. The monoisotopic (exact) mass is 341 g/mol. The predicted octanol–water partition coefficient (Wildman–Crippen LogP) is 3.88. The fourth-order valence-corrected chi connectivity index (χ4v) is 2.91. The van der Waals surface area contributed by atoms with Crippen LogP contribution in [0.2, 0.25) is 0 Å². The summed E-state index contributed by atoms with van der Waals surface area (Å²) in [7, 11) is 1.62. The molecule has 0 unspecified atom stereocenters. The Morgan fingerprint density at radius 1 is 1.17 bits per heavy atom. The summed E-state index contributed by atoms with van der Waals surface area (Å²) in [6, 6.07) is 13.9. The molecule has 0 amide bonds. The topological polar surface area (TPSA) is 68.7 Å². The van der Waals surface area contributed by atoms with Gasteiger partial charge >= 0.3 is 5.97 Å². The molecule has 1 aromatic heterocycles. The number of benzene rings is 2. The lowest BCUT2D eigenvalue weighted by Gasteiger charge is -2.04. The zero-order valence-electron chi connectivity index (χ0n) is 12.9. The van der Waals surface area contributed by atoms with E-state index >= 15 is 0 Å². The normalized spacial score (nSPS) is 10.4. The highest BCUT2D eigenvalue weighted by molar-refractivity contribution is 7.13. The van der Waals surface area contributed by atoms with E-state index in [1.165, 1.54) is 23.5 Å². The number of phenolic OH excluding ortho intramolecular Hbond substituents is 1. The van der Waals surface area contributed by atoms with Crippen molar-refractivity contribution in [1.29, 1.82) is 0 Å². The van der Waals surface area contributed by atoms with E-state index in [4.69, 9.17) is 9.47 Å². The van der Waals surface area contributed by atoms with Gasteiger partial charge in [0.15, 0.2) is 0 Å². The molecular weight excluding hydrogens is 326 g/mol. The van der Waals surface area contributed by atoms with E-state index < -0.39 is 5.97 Å². The van der Waals surface area contributed by atoms with Gasteiger partial charge in [-0.3, -0.25) is 0 Å². The highest BCUT2D eigenvalue weighted by atomic mass is 32.1. The van der Waals surface area contributed by atoms with Crippen LogP contribution in [0.1, 0.15) is 16.1 Å². The SMILES string of the molecule is COc1ccc(-c2nc(COC(=O)c3ccccc3O)cs2)cc1. The lowest BCUT2D eigenvalue weighted by Crippen LogP contribution is -2.05. The molecule has 3 rings (SSSR count). The van der Waals surface area contributed by atoms with Crippen molar-refractivity contribution in [2.45, 2.75) is 6.61 Å². The Morgan fingerprint density at radius 2 is 1.92 bits per heavy atom. The first-order chi connectivity index (χ1) is 11.7. The third-order valence-corrected chi connectivity index (χ3v) is 4.30. The summed E-state index contributed by atoms with van der Waals surface area (Å²) in [5.41, 5.74) is 1.77. The van der Waals surface area contributed by atoms with Crippen molar-refractivity contribution in [3.8, 4) is 22.1 Å². The maximum absolute atomic E-state index is 12.0. The molecule has 0 saturated heterocycles. The minimum absolute atomic E-state index is 0.0554. The van der Waals surface area contributed by atoms with Crippen molar-refractivity contribution in [3.05, 3.63) is 65.2 Å². The van der Waals surface area contributed by atoms with Crippen LogP contribution in [0.25, 0.3) is 10.6 Å². The van der Waals surface area contributed by atoms with Crippen LogP contribution >= 0.6 is 11.3 Å². The van der Waals surface area contributed by atoms with Gasteiger partial charge in [0, 0.05) is 10.9 Å². The summed E-state index contributed by atoms with van der Waals surface area (Å²) in [4.78, 5) is 16.4. The minimum atomic E-state index is -0.577. The molecule has 1 N–H and O–H groups in total. The first kappa shape index (κ1) is 16.0. The van der Waals surface area contributed by atoms with Crippen molar-refractivity contribution >= 4 is 17.3 Å². The van der Waals surface area contributed by atoms with E-state index in [-0.39, 0.29) is 17.9 Å². The summed E-state index contributed by atoms with van der Waals surface area (Å²) in [5, 5.41) is 12.3. The lowest BCUT2D eigenvalue weighted by atomic mass is 10.2. The van der Waals surface area contributed by atoms with E-state index in [9.17, 15) is 9.90 Å². The second kappa shape index (κ2) is 7.14. The molecule has 3 aromatic rings. The molecule has 0 saturated carbocycles. The zero-order valence-corrected chi connectivity index (χ0v) is 13.7. The Labute approximate surface area is 143 Å². The van der Waals surface area contributed by atoms with E-state index in [2.05, 4.69) is 4.98 Å². The molecule has 0 aliphatic rings. The molecule has 1 heterocycles. The van der Waals surface area contributed by atoms with Gasteiger partial charge in [-0.05, 0) is 36.4 Å². The number of hydrogen-bond acceptors (Lipinski definition) is 6. The molecule has 122 valence electrons. The Morgan fingerprint density at radius 3 is 2.62 bits per heavy atom. The standard InChI is InChI=1S/C18H15NO4S/c1-22-14-8-6-12(7-9-14)17-19-13(11-24-17)10-23-18(21)15-4-2-3-5-16(15)20/h2-9,11,20H,10H2,1H3. The van der Waals surface area contributed by atoms with E-state index in [1.807, 2.05) is 29.6 Å². The van der Waals surface area contributed by atoms with Gasteiger partial charge in [-0.1, -0.05) is 12.1 Å². The first-order valence-corrected chi connectivity index (χ1v) is 8.09. The van der Waals surface area contributed by atoms with Gasteiger partial charge in [-0.15, -0.1) is 11.3 Å². The Bertz CT molecular complexity index is 842. The maximum Gasteiger partial charge on any atom is 0.342 e. The number of para-hydroxylation sites is 1. The molecule has 0 fully saturated rings. The van der Waals surface area contributed by atoms with Gasteiger partial charge in [0.05, 0.1) is 12.8 Å². The Hall–Kier alpha value is -2.86. The molecule has 0 aliphatic heterocycles. The van der Waals surface area contributed by atoms with Crippen molar-refractivity contribution in [1.82, 2.24) is 4.98 Å². The summed E-state index contributed by atoms with van der Waals surface area (Å²) in [6.07, 6.45) is 0. The molecule has 5 nitrogen and oxygen atoms in total. The molecule has 0 radical (unpaired) electrons. The maximum atomic E-state index is 12.0. The van der Waals surface area contributed by atoms with Crippen LogP contribution in [0.3, 0.4) is 0 Å². The third kappa shape index (κ3) is 3.55. The van der Waals surface area contributed by atoms with Crippen LogP contribution in [0.15, 0.2) is 53.9 Å². The quantitative estimate of drug-likeness (QED) is 0.713. The summed E-state index contributed by atoms with van der Waals surface area (Å²) in [6.45, 7) is 0.0554. The van der Waals surface area contributed by atoms with Gasteiger partial charge in [0.1, 0.15) is 28.7 Å². The molecule has 0 aliphatic carbocycles. The highest BCUT2D eigenvalue weighted by Gasteiger charge is 2.13. The Kier molecular flexibility index (Phi) is 4.77. The molecule has 2 aromatic carbocycles. The average Bonchev–Trinajstić information content (AvgIpc) is 3.09. The van der Waals surface area contributed by atoms with Gasteiger partial charge in [-0.25, -0.2) is 9.78 Å². The predicted molar refractivity (Wildman–Crippen MR) is 91.3 cm³/mol. The van der Waals surface area contributed by atoms with E-state index in [0.29, 0.717) is 5.69 Å². The smallest absolute Gasteiger partial charge is 0.342 e. The zero-order chi connectivity index (χ0) is 16.9. The molecule has 6 heteroatoms. The number of aromatic nitrogens is 1. The van der Waals surface area contributed by atoms with Gasteiger partial charge in [0.2, 0.25) is 0 Å². The van der Waals surface area contributed by atoms with Crippen molar-refractivity contribution in [3.63, 3.8) is 0 Å². The van der Waals surface area contributed by atoms with Crippen LogP contribution in [-0.2, 0) is 11.3 Å². The number of methoxy groups -OCH3 is 1. The number of nitrogens with zero attached hydrogens (tertiary/aromatic N) is 1. The van der Waals surface area contributed by atoms with Crippen LogP contribution in [-0.4, -0.2) is 23.2 Å². The average molecular weight is 341 g/mol. The van der Waals surface area contributed by atoms with Crippen LogP contribution < -0.4 is 4.74 Å². The van der Waals surface area contributed by atoms with Crippen LogP contribution in [0.5, 0.6) is 11.5 Å². The Balaban J connectivity index is 1.66. The fraction of sp³-hybridized carbons (Fsp3) is 0.111. The summed E-state index contributed by atoms with van der Waals surface area (Å²) in [5.74, 6) is 0.110. The number of phenols is 1. The van der Waals surface area contributed by atoms with E-state index in [1.54, 1.807) is 19.2 Å². The number of thiazole rings is 1. The minimum Gasteiger partial charge on any atom is -0.507 e. The summed E-state index contributed by atoms with van der Waals surface area (Å²) < 4.78 is 10.3. The van der Waals surface area contributed by atoms with E-state index in [0.717, 1.165) is 16.3 Å². The molecular formula is C18H15NO4S. The number of hydrogen-bond donors (Lipinski definition) is 1. The van der Waals surface area contributed by atoms with Gasteiger partial charge < -0.3 is 14.6 Å². The molecule has 0 atom stereocenters. The molecule has 0 spiro atoms. The number of carbonyl (C=O) groups excluding carboxylic acids is 1. The lowest BCUT2D eigenvalue weighted by molar-refractivity contribution is 0.0465. The van der Waals surface area contributed by atoms with Crippen molar-refractivity contribution in [2.75, 3.05) is 7.11 Å². The molecule has 0 bridgehead atoms. The molecule has 24 heavy (non-hydrogen) atoms. The number of aromatic hydroxyl groups is 1. The highest BCUT2D eigenvalue weighted by Crippen LogP contribution is 2.26. The number of carbonyl (C=O) groups is 1.